The fourth-order valence-electron chi connectivity index (χ4n) is 1.70. The molecule has 1 aliphatic carbocycles. The summed E-state index contributed by atoms with van der Waals surface area (Å²) in [4.78, 5) is 11.5. The summed E-state index contributed by atoms with van der Waals surface area (Å²) >= 11 is 3.30. The van der Waals surface area contributed by atoms with Gasteiger partial charge in [-0.25, -0.2) is 0 Å². The number of aliphatic hydroxyl groups excluding tert-OH is 1. The van der Waals surface area contributed by atoms with Crippen LogP contribution in [0.1, 0.15) is 12.8 Å². The molecule has 0 unspecified atom stereocenters. The Morgan fingerprint density at radius 1 is 1.69 bits per heavy atom. The Kier molecular flexibility index (Phi) is 3.60. The number of nitrogens with one attached hydrogen (secondary N) is 1. The lowest BCUT2D eigenvalue weighted by atomic mass is 9.82. The highest BCUT2D eigenvalue weighted by Crippen LogP contribution is 2.26. The molecule has 1 aromatic rings. The van der Waals surface area contributed by atoms with E-state index in [-0.39, 0.29) is 17.9 Å². The molecule has 0 radical (unpaired) electrons. The van der Waals surface area contributed by atoms with E-state index in [9.17, 15) is 4.79 Å². The van der Waals surface area contributed by atoms with Crippen molar-refractivity contribution in [3.05, 3.63) is 16.9 Å². The van der Waals surface area contributed by atoms with Gasteiger partial charge in [-0.05, 0) is 28.8 Å². The van der Waals surface area contributed by atoms with Gasteiger partial charge in [-0.15, -0.1) is 0 Å². The largest absolute Gasteiger partial charge is 0.393 e. The van der Waals surface area contributed by atoms with Crippen LogP contribution < -0.4 is 5.32 Å². The summed E-state index contributed by atoms with van der Waals surface area (Å²) in [6.07, 6.45) is 4.49. The molecule has 0 aromatic carbocycles. The molecule has 1 saturated carbocycles. The van der Waals surface area contributed by atoms with Gasteiger partial charge < -0.3 is 10.4 Å². The van der Waals surface area contributed by atoms with E-state index in [1.54, 1.807) is 10.9 Å². The summed E-state index contributed by atoms with van der Waals surface area (Å²) in [5.41, 5.74) is 0. The van der Waals surface area contributed by atoms with Gasteiger partial charge in [0, 0.05) is 18.7 Å². The Labute approximate surface area is 102 Å². The van der Waals surface area contributed by atoms with E-state index in [0.29, 0.717) is 25.9 Å². The molecule has 2 N–H and O–H groups in total. The molecule has 88 valence electrons. The number of carbonyl (C=O) groups excluding carboxylic acids is 1. The van der Waals surface area contributed by atoms with Gasteiger partial charge in [0.1, 0.15) is 0 Å². The number of nitrogens with zero attached hydrogens (tertiary/aromatic N) is 2. The van der Waals surface area contributed by atoms with Crippen LogP contribution in [0.2, 0.25) is 0 Å². The van der Waals surface area contributed by atoms with Gasteiger partial charge in [0.2, 0.25) is 5.91 Å². The van der Waals surface area contributed by atoms with Gasteiger partial charge in [0.05, 0.1) is 23.3 Å². The molecule has 2 rings (SSSR count). The predicted molar refractivity (Wildman–Crippen MR) is 61.7 cm³/mol. The molecule has 1 heterocycles. The molecule has 1 amide bonds. The van der Waals surface area contributed by atoms with Crippen molar-refractivity contribution in [3.8, 4) is 0 Å². The van der Waals surface area contributed by atoms with Crippen LogP contribution in [0.25, 0.3) is 0 Å². The molecule has 1 aromatic heterocycles. The number of aromatic nitrogens is 2. The molecule has 1 fully saturated rings. The summed E-state index contributed by atoms with van der Waals surface area (Å²) in [6, 6.07) is 0. The highest BCUT2D eigenvalue weighted by Gasteiger charge is 2.32. The predicted octanol–water partition coefficient (Wildman–Crippen LogP) is 0.533. The minimum absolute atomic E-state index is 0.000595. The van der Waals surface area contributed by atoms with E-state index in [2.05, 4.69) is 26.3 Å². The van der Waals surface area contributed by atoms with Crippen LogP contribution in [-0.2, 0) is 11.3 Å². The molecule has 0 spiro atoms. The van der Waals surface area contributed by atoms with Crippen molar-refractivity contribution in [1.29, 1.82) is 0 Å². The van der Waals surface area contributed by atoms with Crippen molar-refractivity contribution in [3.63, 3.8) is 0 Å². The second-order valence-electron chi connectivity index (χ2n) is 4.03. The topological polar surface area (TPSA) is 67.2 Å². The van der Waals surface area contributed by atoms with Crippen molar-refractivity contribution in [2.24, 2.45) is 5.92 Å². The molecule has 16 heavy (non-hydrogen) atoms. The number of rotatable bonds is 4. The fourth-order valence-corrected chi connectivity index (χ4v) is 2.03. The highest BCUT2D eigenvalue weighted by molar-refractivity contribution is 9.10. The third-order valence-electron chi connectivity index (χ3n) is 2.73. The Hall–Kier alpha value is -0.880. The zero-order valence-electron chi connectivity index (χ0n) is 8.77. The standard InChI is InChI=1S/C10H14BrN3O2/c11-8-5-13-14(6-8)2-1-12-10(16)7-3-9(15)4-7/h5-7,9,15H,1-4H2,(H,12,16). The van der Waals surface area contributed by atoms with Crippen LogP contribution in [0.5, 0.6) is 0 Å². The monoisotopic (exact) mass is 287 g/mol. The second-order valence-corrected chi connectivity index (χ2v) is 4.95. The van der Waals surface area contributed by atoms with E-state index in [4.69, 9.17) is 5.11 Å². The maximum atomic E-state index is 11.5. The van der Waals surface area contributed by atoms with Crippen LogP contribution in [-0.4, -0.2) is 33.4 Å². The molecule has 0 atom stereocenters. The summed E-state index contributed by atoms with van der Waals surface area (Å²) in [6.45, 7) is 1.23. The maximum Gasteiger partial charge on any atom is 0.223 e. The average Bonchev–Trinajstić information content (AvgIpc) is 2.59. The molecule has 0 bridgehead atoms. The molecule has 0 saturated heterocycles. The first kappa shape index (κ1) is 11.6. The summed E-state index contributed by atoms with van der Waals surface area (Å²) in [5, 5.41) is 16.0. The van der Waals surface area contributed by atoms with E-state index < -0.39 is 0 Å². The first-order chi connectivity index (χ1) is 7.65. The third-order valence-corrected chi connectivity index (χ3v) is 3.14. The normalized spacial score (nSPS) is 23.9. The van der Waals surface area contributed by atoms with E-state index in [1.807, 2.05) is 6.20 Å². The lowest BCUT2D eigenvalue weighted by molar-refractivity contribution is -0.131. The lowest BCUT2D eigenvalue weighted by Crippen LogP contribution is -2.42. The quantitative estimate of drug-likeness (QED) is 0.849. The van der Waals surface area contributed by atoms with Gasteiger partial charge >= 0.3 is 0 Å². The summed E-state index contributed by atoms with van der Waals surface area (Å²) < 4.78 is 2.70. The van der Waals surface area contributed by atoms with Crippen LogP contribution in [0, 0.1) is 5.92 Å². The van der Waals surface area contributed by atoms with E-state index in [1.165, 1.54) is 0 Å². The van der Waals surface area contributed by atoms with E-state index in [0.717, 1.165) is 4.47 Å². The first-order valence-electron chi connectivity index (χ1n) is 5.29. The van der Waals surface area contributed by atoms with Crippen molar-refractivity contribution < 1.29 is 9.90 Å². The van der Waals surface area contributed by atoms with Gasteiger partial charge in [-0.1, -0.05) is 0 Å². The van der Waals surface area contributed by atoms with Gasteiger partial charge in [0.25, 0.3) is 0 Å². The smallest absolute Gasteiger partial charge is 0.223 e. The Bertz CT molecular complexity index is 374. The maximum absolute atomic E-state index is 11.5. The summed E-state index contributed by atoms with van der Waals surface area (Å²) in [5.74, 6) is 0.0379. The Balaban J connectivity index is 1.66. The number of hydrogen-bond donors (Lipinski definition) is 2. The second kappa shape index (κ2) is 4.97. The van der Waals surface area contributed by atoms with Gasteiger partial charge in [0.15, 0.2) is 0 Å². The van der Waals surface area contributed by atoms with Crippen molar-refractivity contribution in [1.82, 2.24) is 15.1 Å². The lowest BCUT2D eigenvalue weighted by Gasteiger charge is -2.29. The molecular weight excluding hydrogens is 274 g/mol. The van der Waals surface area contributed by atoms with Crippen molar-refractivity contribution in [2.75, 3.05) is 6.54 Å². The van der Waals surface area contributed by atoms with Gasteiger partial charge in [-0.2, -0.15) is 5.10 Å². The number of hydrogen-bond acceptors (Lipinski definition) is 3. The van der Waals surface area contributed by atoms with Gasteiger partial charge in [-0.3, -0.25) is 9.48 Å². The van der Waals surface area contributed by atoms with Crippen LogP contribution >= 0.6 is 15.9 Å². The molecular formula is C10H14BrN3O2. The minimum Gasteiger partial charge on any atom is -0.393 e. The van der Waals surface area contributed by atoms with Crippen LogP contribution in [0.15, 0.2) is 16.9 Å². The number of halogens is 1. The third kappa shape index (κ3) is 2.82. The first-order valence-corrected chi connectivity index (χ1v) is 6.08. The van der Waals surface area contributed by atoms with Crippen molar-refractivity contribution in [2.45, 2.75) is 25.5 Å². The van der Waals surface area contributed by atoms with Crippen molar-refractivity contribution >= 4 is 21.8 Å². The molecule has 0 aliphatic heterocycles. The van der Waals surface area contributed by atoms with E-state index >= 15 is 0 Å². The zero-order chi connectivity index (χ0) is 11.5. The van der Waals surface area contributed by atoms with Crippen LogP contribution in [0.4, 0.5) is 0 Å². The Morgan fingerprint density at radius 2 is 2.44 bits per heavy atom. The molecule has 1 aliphatic rings. The average molecular weight is 288 g/mol. The highest BCUT2D eigenvalue weighted by atomic mass is 79.9. The molecule has 6 heteroatoms. The number of amides is 1. The summed E-state index contributed by atoms with van der Waals surface area (Å²) in [7, 11) is 0. The fraction of sp³-hybridized carbons (Fsp3) is 0.600. The zero-order valence-corrected chi connectivity index (χ0v) is 10.4. The number of carbonyl (C=O) groups is 1. The number of aliphatic hydroxyl groups is 1. The minimum atomic E-state index is -0.280. The SMILES string of the molecule is O=C(NCCn1cc(Br)cn1)C1CC(O)C1. The van der Waals surface area contributed by atoms with Crippen LogP contribution in [0.3, 0.4) is 0 Å². The molecule has 5 nitrogen and oxygen atoms in total. The Morgan fingerprint density at radius 3 is 3.00 bits per heavy atom.